The van der Waals surface area contributed by atoms with Crippen molar-refractivity contribution in [3.63, 3.8) is 0 Å². The van der Waals surface area contributed by atoms with Gasteiger partial charge in [-0.15, -0.1) is 12.4 Å². The minimum atomic E-state index is 0. The standard InChI is InChI=1S/C18H20N2O.ClH/c1-13-7-8-14(2)16(11-13)18(21)20-10-9-19-12-15-5-3-4-6-17(15)20;/h3-8,11,19H,9-10,12H2,1-2H3;1H. The highest BCUT2D eigenvalue weighted by Gasteiger charge is 2.22. The van der Waals surface area contributed by atoms with Crippen LogP contribution in [0, 0.1) is 13.8 Å². The number of nitrogens with one attached hydrogen (secondary N) is 1. The van der Waals surface area contributed by atoms with Gasteiger partial charge in [0.2, 0.25) is 0 Å². The molecule has 0 bridgehead atoms. The first-order valence-corrected chi connectivity index (χ1v) is 7.34. The van der Waals surface area contributed by atoms with Crippen LogP contribution < -0.4 is 10.2 Å². The van der Waals surface area contributed by atoms with E-state index in [1.54, 1.807) is 0 Å². The molecule has 1 N–H and O–H groups in total. The Labute approximate surface area is 137 Å². The Morgan fingerprint density at radius 1 is 1.14 bits per heavy atom. The average Bonchev–Trinajstić information content (AvgIpc) is 2.71. The van der Waals surface area contributed by atoms with E-state index in [0.29, 0.717) is 6.54 Å². The molecule has 116 valence electrons. The molecule has 4 heteroatoms. The predicted molar refractivity (Wildman–Crippen MR) is 93.0 cm³/mol. The summed E-state index contributed by atoms with van der Waals surface area (Å²) in [6, 6.07) is 14.2. The first-order chi connectivity index (χ1) is 10.2. The third-order valence-electron chi connectivity index (χ3n) is 3.98. The third-order valence-corrected chi connectivity index (χ3v) is 3.98. The van der Waals surface area contributed by atoms with Crippen LogP contribution in [-0.4, -0.2) is 19.0 Å². The van der Waals surface area contributed by atoms with Crippen molar-refractivity contribution in [1.82, 2.24) is 5.32 Å². The van der Waals surface area contributed by atoms with E-state index in [-0.39, 0.29) is 18.3 Å². The van der Waals surface area contributed by atoms with E-state index in [2.05, 4.69) is 11.4 Å². The zero-order valence-corrected chi connectivity index (χ0v) is 13.7. The number of rotatable bonds is 1. The fourth-order valence-electron chi connectivity index (χ4n) is 2.78. The van der Waals surface area contributed by atoms with Gasteiger partial charge in [0.15, 0.2) is 0 Å². The number of fused-ring (bicyclic) bond motifs is 1. The van der Waals surface area contributed by atoms with Crippen LogP contribution in [0.1, 0.15) is 27.0 Å². The van der Waals surface area contributed by atoms with Crippen molar-refractivity contribution in [2.45, 2.75) is 20.4 Å². The molecule has 0 atom stereocenters. The number of nitrogens with zero attached hydrogens (tertiary/aromatic N) is 1. The summed E-state index contributed by atoms with van der Waals surface area (Å²) in [5.41, 5.74) is 5.14. The molecule has 2 aromatic carbocycles. The van der Waals surface area contributed by atoms with Gasteiger partial charge in [0.1, 0.15) is 0 Å². The molecule has 1 heterocycles. The summed E-state index contributed by atoms with van der Waals surface area (Å²) >= 11 is 0. The SMILES string of the molecule is Cc1ccc(C)c(C(=O)N2CCNCc3ccccc32)c1.Cl. The summed E-state index contributed by atoms with van der Waals surface area (Å²) in [6.45, 7) is 6.34. The maximum absolute atomic E-state index is 13.0. The van der Waals surface area contributed by atoms with Crippen LogP contribution >= 0.6 is 12.4 Å². The van der Waals surface area contributed by atoms with Crippen molar-refractivity contribution in [3.05, 3.63) is 64.7 Å². The number of carbonyl (C=O) groups is 1. The van der Waals surface area contributed by atoms with Crippen molar-refractivity contribution < 1.29 is 4.79 Å². The van der Waals surface area contributed by atoms with Crippen LogP contribution in [0.5, 0.6) is 0 Å². The van der Waals surface area contributed by atoms with Gasteiger partial charge in [0.05, 0.1) is 0 Å². The van der Waals surface area contributed by atoms with E-state index in [1.165, 1.54) is 5.56 Å². The van der Waals surface area contributed by atoms with Crippen LogP contribution in [0.4, 0.5) is 5.69 Å². The highest BCUT2D eigenvalue weighted by molar-refractivity contribution is 6.07. The Kier molecular flexibility index (Phi) is 5.22. The summed E-state index contributed by atoms with van der Waals surface area (Å²) in [5, 5.41) is 3.37. The van der Waals surface area contributed by atoms with Crippen LogP contribution in [-0.2, 0) is 6.54 Å². The van der Waals surface area contributed by atoms with Gasteiger partial charge in [-0.25, -0.2) is 0 Å². The Morgan fingerprint density at radius 3 is 2.73 bits per heavy atom. The molecule has 2 aromatic rings. The van der Waals surface area contributed by atoms with Gasteiger partial charge in [0.25, 0.3) is 5.91 Å². The number of hydrogen-bond donors (Lipinski definition) is 1. The third kappa shape index (κ3) is 3.16. The second-order valence-corrected chi connectivity index (χ2v) is 5.58. The lowest BCUT2D eigenvalue weighted by Crippen LogP contribution is -2.35. The van der Waals surface area contributed by atoms with E-state index in [0.717, 1.165) is 35.5 Å². The van der Waals surface area contributed by atoms with Gasteiger partial charge in [-0.1, -0.05) is 35.9 Å². The molecule has 1 aliphatic rings. The topological polar surface area (TPSA) is 32.3 Å². The highest BCUT2D eigenvalue weighted by Crippen LogP contribution is 2.25. The monoisotopic (exact) mass is 316 g/mol. The second-order valence-electron chi connectivity index (χ2n) is 5.58. The molecule has 0 fully saturated rings. The highest BCUT2D eigenvalue weighted by atomic mass is 35.5. The number of hydrogen-bond acceptors (Lipinski definition) is 2. The van der Waals surface area contributed by atoms with Crippen LogP contribution in [0.2, 0.25) is 0 Å². The maximum Gasteiger partial charge on any atom is 0.258 e. The minimum Gasteiger partial charge on any atom is -0.311 e. The molecule has 1 aliphatic heterocycles. The van der Waals surface area contributed by atoms with E-state index < -0.39 is 0 Å². The number of carbonyl (C=O) groups excluding carboxylic acids is 1. The first kappa shape index (κ1) is 16.5. The molecule has 0 aromatic heterocycles. The molecule has 0 saturated heterocycles. The molecule has 0 aliphatic carbocycles. The minimum absolute atomic E-state index is 0. The van der Waals surface area contributed by atoms with E-state index in [9.17, 15) is 4.79 Å². The largest absolute Gasteiger partial charge is 0.311 e. The van der Waals surface area contributed by atoms with Gasteiger partial charge in [-0.2, -0.15) is 0 Å². The molecule has 1 amide bonds. The summed E-state index contributed by atoms with van der Waals surface area (Å²) in [6.07, 6.45) is 0. The van der Waals surface area contributed by atoms with Crippen molar-refractivity contribution in [3.8, 4) is 0 Å². The number of anilines is 1. The molecule has 3 rings (SSSR count). The second kappa shape index (κ2) is 6.95. The fraction of sp³-hybridized carbons (Fsp3) is 0.278. The normalized spacial score (nSPS) is 13.8. The van der Waals surface area contributed by atoms with Gasteiger partial charge in [-0.05, 0) is 37.1 Å². The number of benzene rings is 2. The smallest absolute Gasteiger partial charge is 0.258 e. The molecular formula is C18H21ClN2O. The van der Waals surface area contributed by atoms with E-state index >= 15 is 0 Å². The molecule has 0 radical (unpaired) electrons. The van der Waals surface area contributed by atoms with E-state index in [4.69, 9.17) is 0 Å². The molecule has 22 heavy (non-hydrogen) atoms. The summed E-state index contributed by atoms with van der Waals surface area (Å²) in [4.78, 5) is 14.9. The lowest BCUT2D eigenvalue weighted by atomic mass is 10.0. The predicted octanol–water partition coefficient (Wildman–Crippen LogP) is 3.48. The quantitative estimate of drug-likeness (QED) is 0.873. The Balaban J connectivity index is 0.00000176. The first-order valence-electron chi connectivity index (χ1n) is 7.34. The van der Waals surface area contributed by atoms with Gasteiger partial charge in [-0.3, -0.25) is 4.79 Å². The molecule has 0 unspecified atom stereocenters. The zero-order chi connectivity index (χ0) is 14.8. The summed E-state index contributed by atoms with van der Waals surface area (Å²) in [5.74, 6) is 0.0901. The van der Waals surface area contributed by atoms with Crippen molar-refractivity contribution in [1.29, 1.82) is 0 Å². The van der Waals surface area contributed by atoms with Crippen LogP contribution in [0.3, 0.4) is 0 Å². The Morgan fingerprint density at radius 2 is 1.91 bits per heavy atom. The van der Waals surface area contributed by atoms with Gasteiger partial charge in [0, 0.05) is 30.9 Å². The average molecular weight is 317 g/mol. The van der Waals surface area contributed by atoms with Crippen LogP contribution in [0.15, 0.2) is 42.5 Å². The Hall–Kier alpha value is -1.84. The van der Waals surface area contributed by atoms with E-state index in [1.807, 2.05) is 55.1 Å². The van der Waals surface area contributed by atoms with Crippen molar-refractivity contribution in [2.75, 3.05) is 18.0 Å². The summed E-state index contributed by atoms with van der Waals surface area (Å²) < 4.78 is 0. The van der Waals surface area contributed by atoms with Gasteiger partial charge < -0.3 is 10.2 Å². The number of amides is 1. The number of para-hydroxylation sites is 1. The molecule has 0 saturated carbocycles. The fourth-order valence-corrected chi connectivity index (χ4v) is 2.78. The van der Waals surface area contributed by atoms with Crippen LogP contribution in [0.25, 0.3) is 0 Å². The molecular weight excluding hydrogens is 296 g/mol. The van der Waals surface area contributed by atoms with Crippen molar-refractivity contribution in [2.24, 2.45) is 0 Å². The van der Waals surface area contributed by atoms with Gasteiger partial charge >= 0.3 is 0 Å². The lowest BCUT2D eigenvalue weighted by Gasteiger charge is -2.23. The molecule has 0 spiro atoms. The lowest BCUT2D eigenvalue weighted by molar-refractivity contribution is 0.0987. The molecule has 3 nitrogen and oxygen atoms in total. The summed E-state index contributed by atoms with van der Waals surface area (Å²) in [7, 11) is 0. The van der Waals surface area contributed by atoms with Crippen molar-refractivity contribution >= 4 is 24.0 Å². The maximum atomic E-state index is 13.0. The Bertz CT molecular complexity index is 685. The number of halogens is 1. The number of aryl methyl sites for hydroxylation is 2. The zero-order valence-electron chi connectivity index (χ0n) is 12.9.